The largest absolute Gasteiger partial charge is 0.487 e. The monoisotopic (exact) mass is 439 g/mol. The second-order valence-corrected chi connectivity index (χ2v) is 7.92. The Labute approximate surface area is 183 Å². The molecule has 0 aliphatic carbocycles. The molecule has 0 aliphatic rings. The lowest BCUT2D eigenvalue weighted by Gasteiger charge is -2.25. The molecular weight excluding hydrogens is 417 g/mol. The van der Waals surface area contributed by atoms with Gasteiger partial charge in [0.15, 0.2) is 0 Å². The van der Waals surface area contributed by atoms with Gasteiger partial charge in [0.05, 0.1) is 10.7 Å². The van der Waals surface area contributed by atoms with Crippen LogP contribution in [-0.2, 0) is 16.2 Å². The van der Waals surface area contributed by atoms with E-state index in [2.05, 4.69) is 4.98 Å². The fourth-order valence-electron chi connectivity index (χ4n) is 2.97. The number of aryl methyl sites for hydroxylation is 1. The fraction of sp³-hybridized carbons (Fsp3) is 0.174. The van der Waals surface area contributed by atoms with Gasteiger partial charge in [0.1, 0.15) is 24.2 Å². The van der Waals surface area contributed by atoms with Crippen LogP contribution in [0.3, 0.4) is 0 Å². The van der Waals surface area contributed by atoms with Crippen molar-refractivity contribution in [1.29, 1.82) is 0 Å². The first kappa shape index (κ1) is 22.2. The SMILES string of the molecule is Cc1nc(COc2ccc(/C=C/C(=O)N(C)C(C(N)=O)c3cccc(F)c3)cc2)cs1. The van der Waals surface area contributed by atoms with E-state index in [-0.39, 0.29) is 0 Å². The summed E-state index contributed by atoms with van der Waals surface area (Å²) < 4.78 is 19.2. The summed E-state index contributed by atoms with van der Waals surface area (Å²) in [5, 5.41) is 2.95. The Morgan fingerprint density at radius 3 is 2.61 bits per heavy atom. The van der Waals surface area contributed by atoms with E-state index in [9.17, 15) is 14.0 Å². The van der Waals surface area contributed by atoms with Gasteiger partial charge in [0.2, 0.25) is 11.8 Å². The number of hydrogen-bond donors (Lipinski definition) is 1. The summed E-state index contributed by atoms with van der Waals surface area (Å²) in [7, 11) is 1.45. The van der Waals surface area contributed by atoms with E-state index in [1.807, 2.05) is 24.4 Å². The minimum absolute atomic E-state index is 0.313. The fourth-order valence-corrected chi connectivity index (χ4v) is 3.57. The molecule has 1 aromatic heterocycles. The number of thiazole rings is 1. The van der Waals surface area contributed by atoms with Crippen molar-refractivity contribution >= 4 is 29.2 Å². The molecule has 3 rings (SSSR count). The summed E-state index contributed by atoms with van der Waals surface area (Å²) in [6, 6.07) is 11.6. The lowest BCUT2D eigenvalue weighted by Crippen LogP contribution is -2.38. The van der Waals surface area contributed by atoms with E-state index >= 15 is 0 Å². The quantitative estimate of drug-likeness (QED) is 0.540. The van der Waals surface area contributed by atoms with Gasteiger partial charge < -0.3 is 15.4 Å². The number of hydrogen-bond acceptors (Lipinski definition) is 5. The topological polar surface area (TPSA) is 85.5 Å². The third-order valence-corrected chi connectivity index (χ3v) is 5.34. The number of nitrogens with zero attached hydrogens (tertiary/aromatic N) is 2. The van der Waals surface area contributed by atoms with Crippen molar-refractivity contribution in [2.75, 3.05) is 7.05 Å². The van der Waals surface area contributed by atoms with E-state index < -0.39 is 23.7 Å². The highest BCUT2D eigenvalue weighted by atomic mass is 32.1. The van der Waals surface area contributed by atoms with E-state index in [1.165, 1.54) is 36.2 Å². The number of rotatable bonds is 8. The van der Waals surface area contributed by atoms with Crippen LogP contribution in [0.2, 0.25) is 0 Å². The number of halogens is 1. The van der Waals surface area contributed by atoms with Crippen molar-refractivity contribution in [3.8, 4) is 5.75 Å². The summed E-state index contributed by atoms with van der Waals surface area (Å²) in [5.41, 5.74) is 7.42. The molecule has 2 amide bonds. The van der Waals surface area contributed by atoms with Gasteiger partial charge >= 0.3 is 0 Å². The normalized spacial score (nSPS) is 12.0. The molecule has 160 valence electrons. The van der Waals surface area contributed by atoms with E-state index in [0.29, 0.717) is 17.9 Å². The Bertz CT molecular complexity index is 1100. The minimum Gasteiger partial charge on any atom is -0.487 e. The zero-order valence-corrected chi connectivity index (χ0v) is 17.9. The molecule has 2 aromatic carbocycles. The number of aromatic nitrogens is 1. The van der Waals surface area contributed by atoms with Gasteiger partial charge in [-0.25, -0.2) is 9.37 Å². The van der Waals surface area contributed by atoms with Crippen molar-refractivity contribution in [3.63, 3.8) is 0 Å². The van der Waals surface area contributed by atoms with Gasteiger partial charge in [-0.15, -0.1) is 11.3 Å². The van der Waals surface area contributed by atoms with Crippen molar-refractivity contribution < 1.29 is 18.7 Å². The zero-order valence-electron chi connectivity index (χ0n) is 17.1. The molecule has 0 aliphatic heterocycles. The van der Waals surface area contributed by atoms with Crippen LogP contribution in [-0.4, -0.2) is 28.7 Å². The molecule has 31 heavy (non-hydrogen) atoms. The van der Waals surface area contributed by atoms with Gasteiger partial charge in [-0.05, 0) is 48.4 Å². The third kappa shape index (κ3) is 5.99. The molecule has 0 spiro atoms. The summed E-state index contributed by atoms with van der Waals surface area (Å²) >= 11 is 1.57. The van der Waals surface area contributed by atoms with Crippen molar-refractivity contribution in [2.24, 2.45) is 5.73 Å². The van der Waals surface area contributed by atoms with Gasteiger partial charge in [0.25, 0.3) is 0 Å². The Kier molecular flexibility index (Phi) is 7.15. The van der Waals surface area contributed by atoms with Crippen molar-refractivity contribution in [1.82, 2.24) is 9.88 Å². The highest BCUT2D eigenvalue weighted by Gasteiger charge is 2.25. The standard InChI is InChI=1S/C23H22FN3O3S/c1-15-26-19(14-31-15)13-30-20-9-6-16(7-10-20)8-11-21(28)27(2)22(23(25)29)17-4-3-5-18(24)12-17/h3-12,14,22H,13H2,1-2H3,(H2,25,29)/b11-8+. The second kappa shape index (κ2) is 9.99. The van der Waals surface area contributed by atoms with Crippen molar-refractivity contribution in [2.45, 2.75) is 19.6 Å². The van der Waals surface area contributed by atoms with Crippen LogP contribution >= 0.6 is 11.3 Å². The van der Waals surface area contributed by atoms with E-state index in [1.54, 1.807) is 35.6 Å². The molecule has 3 aromatic rings. The molecule has 8 heteroatoms. The first-order valence-electron chi connectivity index (χ1n) is 9.47. The molecule has 0 fully saturated rings. The predicted octanol–water partition coefficient (Wildman–Crippen LogP) is 3.87. The number of primary amides is 1. The molecule has 0 saturated heterocycles. The molecule has 0 radical (unpaired) electrons. The lowest BCUT2D eigenvalue weighted by atomic mass is 10.0. The summed E-state index contributed by atoms with van der Waals surface area (Å²) in [6.07, 6.45) is 2.96. The zero-order chi connectivity index (χ0) is 22.4. The maximum absolute atomic E-state index is 13.5. The van der Waals surface area contributed by atoms with Crippen LogP contribution in [0.5, 0.6) is 5.75 Å². The lowest BCUT2D eigenvalue weighted by molar-refractivity contribution is -0.134. The van der Waals surface area contributed by atoms with Crippen molar-refractivity contribution in [3.05, 3.63) is 87.6 Å². The van der Waals surface area contributed by atoms with E-state index in [4.69, 9.17) is 10.5 Å². The van der Waals surface area contributed by atoms with Crippen LogP contribution < -0.4 is 10.5 Å². The molecular formula is C23H22FN3O3S. The molecule has 1 heterocycles. The first-order valence-corrected chi connectivity index (χ1v) is 10.3. The summed E-state index contributed by atoms with van der Waals surface area (Å²) in [4.78, 5) is 30.0. The Hall–Kier alpha value is -3.52. The number of amides is 2. The van der Waals surface area contributed by atoms with Gasteiger partial charge in [-0.3, -0.25) is 9.59 Å². The average molecular weight is 440 g/mol. The molecule has 0 bridgehead atoms. The van der Waals surface area contributed by atoms with Gasteiger partial charge in [-0.1, -0.05) is 24.3 Å². The number of ether oxygens (including phenoxy) is 1. The number of nitrogens with two attached hydrogens (primary N) is 1. The number of benzene rings is 2. The van der Waals surface area contributed by atoms with Crippen LogP contribution in [0.15, 0.2) is 60.0 Å². The maximum atomic E-state index is 13.5. The Balaban J connectivity index is 1.63. The molecule has 1 unspecified atom stereocenters. The minimum atomic E-state index is -1.07. The second-order valence-electron chi connectivity index (χ2n) is 6.86. The predicted molar refractivity (Wildman–Crippen MR) is 118 cm³/mol. The summed E-state index contributed by atoms with van der Waals surface area (Å²) in [6.45, 7) is 2.33. The smallest absolute Gasteiger partial charge is 0.247 e. The maximum Gasteiger partial charge on any atom is 0.247 e. The molecule has 2 N–H and O–H groups in total. The summed E-state index contributed by atoms with van der Waals surface area (Å²) in [5.74, 6) is -1.00. The highest BCUT2D eigenvalue weighted by molar-refractivity contribution is 7.09. The highest BCUT2D eigenvalue weighted by Crippen LogP contribution is 2.21. The van der Waals surface area contributed by atoms with Crippen LogP contribution in [0.4, 0.5) is 4.39 Å². The van der Waals surface area contributed by atoms with Gasteiger partial charge in [-0.2, -0.15) is 0 Å². The van der Waals surface area contributed by atoms with Crippen LogP contribution in [0, 0.1) is 12.7 Å². The third-order valence-electron chi connectivity index (χ3n) is 4.52. The number of likely N-dealkylation sites (N-methyl/N-ethyl adjacent to an activating group) is 1. The first-order chi connectivity index (χ1) is 14.8. The molecule has 1 atom stereocenters. The Morgan fingerprint density at radius 2 is 2.00 bits per heavy atom. The van der Waals surface area contributed by atoms with Crippen LogP contribution in [0.1, 0.15) is 27.9 Å². The Morgan fingerprint density at radius 1 is 1.26 bits per heavy atom. The number of carbonyl (C=O) groups is 2. The molecule has 0 saturated carbocycles. The number of carbonyl (C=O) groups excluding carboxylic acids is 2. The van der Waals surface area contributed by atoms with Gasteiger partial charge in [0, 0.05) is 18.5 Å². The van der Waals surface area contributed by atoms with E-state index in [0.717, 1.165) is 16.3 Å². The van der Waals surface area contributed by atoms with Crippen LogP contribution in [0.25, 0.3) is 6.08 Å². The average Bonchev–Trinajstić information content (AvgIpc) is 3.16. The molecule has 6 nitrogen and oxygen atoms in total.